The van der Waals surface area contributed by atoms with Crippen molar-refractivity contribution >= 4 is 17.5 Å². The van der Waals surface area contributed by atoms with Crippen molar-refractivity contribution in [1.29, 1.82) is 0 Å². The number of benzene rings is 1. The molecule has 128 valence electrons. The highest BCUT2D eigenvalue weighted by molar-refractivity contribution is 6.05. The minimum atomic E-state index is -0.195. The highest BCUT2D eigenvalue weighted by Crippen LogP contribution is 2.14. The Balaban J connectivity index is 1.94. The minimum absolute atomic E-state index is 0.142. The minimum Gasteiger partial charge on any atom is -0.351 e. The SMILES string of the molecule is CN(C)CCCNC(=O)c1cc(NC(=O)c2ccccc2)cn1C. The molecule has 2 rings (SSSR count). The second-order valence-electron chi connectivity index (χ2n) is 5.96. The van der Waals surface area contributed by atoms with Gasteiger partial charge >= 0.3 is 0 Å². The molecule has 6 heteroatoms. The highest BCUT2D eigenvalue weighted by Gasteiger charge is 2.13. The summed E-state index contributed by atoms with van der Waals surface area (Å²) >= 11 is 0. The zero-order chi connectivity index (χ0) is 17.5. The van der Waals surface area contributed by atoms with Gasteiger partial charge in [-0.25, -0.2) is 0 Å². The van der Waals surface area contributed by atoms with Gasteiger partial charge in [-0.1, -0.05) is 18.2 Å². The van der Waals surface area contributed by atoms with Crippen LogP contribution in [0.2, 0.25) is 0 Å². The van der Waals surface area contributed by atoms with Gasteiger partial charge in [-0.2, -0.15) is 0 Å². The van der Waals surface area contributed by atoms with Crippen molar-refractivity contribution in [2.75, 3.05) is 32.5 Å². The Bertz CT molecular complexity index is 692. The van der Waals surface area contributed by atoms with Crippen molar-refractivity contribution < 1.29 is 9.59 Å². The number of aryl methyl sites for hydroxylation is 1. The third-order valence-electron chi connectivity index (χ3n) is 3.60. The van der Waals surface area contributed by atoms with Crippen molar-refractivity contribution in [1.82, 2.24) is 14.8 Å². The molecule has 24 heavy (non-hydrogen) atoms. The van der Waals surface area contributed by atoms with Crippen molar-refractivity contribution in [2.45, 2.75) is 6.42 Å². The van der Waals surface area contributed by atoms with Gasteiger partial charge in [-0.05, 0) is 45.3 Å². The van der Waals surface area contributed by atoms with Crippen molar-refractivity contribution in [3.8, 4) is 0 Å². The molecule has 0 atom stereocenters. The topological polar surface area (TPSA) is 66.4 Å². The summed E-state index contributed by atoms with van der Waals surface area (Å²) in [6, 6.07) is 10.7. The number of amides is 2. The molecule has 2 N–H and O–H groups in total. The Hall–Kier alpha value is -2.60. The first-order chi connectivity index (χ1) is 11.5. The molecule has 0 unspecified atom stereocenters. The van der Waals surface area contributed by atoms with E-state index in [0.717, 1.165) is 13.0 Å². The van der Waals surface area contributed by atoms with Gasteiger partial charge in [0.25, 0.3) is 11.8 Å². The molecule has 1 heterocycles. The number of carbonyl (C=O) groups excluding carboxylic acids is 2. The molecule has 0 saturated heterocycles. The second-order valence-corrected chi connectivity index (χ2v) is 5.96. The van der Waals surface area contributed by atoms with E-state index in [1.807, 2.05) is 32.3 Å². The van der Waals surface area contributed by atoms with E-state index < -0.39 is 0 Å². The number of nitrogens with one attached hydrogen (secondary N) is 2. The average Bonchev–Trinajstić information content (AvgIpc) is 2.92. The van der Waals surface area contributed by atoms with Crippen LogP contribution in [0.5, 0.6) is 0 Å². The number of carbonyl (C=O) groups is 2. The number of hydrogen-bond donors (Lipinski definition) is 2. The van der Waals surface area contributed by atoms with Gasteiger partial charge in [0.1, 0.15) is 5.69 Å². The van der Waals surface area contributed by atoms with E-state index in [4.69, 9.17) is 0 Å². The quantitative estimate of drug-likeness (QED) is 0.764. The van der Waals surface area contributed by atoms with E-state index in [2.05, 4.69) is 15.5 Å². The average molecular weight is 328 g/mol. The molecule has 2 amide bonds. The zero-order valence-electron chi connectivity index (χ0n) is 14.4. The molecule has 2 aromatic rings. The number of nitrogens with zero attached hydrogens (tertiary/aromatic N) is 2. The van der Waals surface area contributed by atoms with Crippen LogP contribution in [0.4, 0.5) is 5.69 Å². The Morgan fingerprint density at radius 3 is 2.50 bits per heavy atom. The molecule has 0 aliphatic carbocycles. The lowest BCUT2D eigenvalue weighted by Crippen LogP contribution is -2.28. The summed E-state index contributed by atoms with van der Waals surface area (Å²) in [6.07, 6.45) is 2.62. The predicted molar refractivity (Wildman–Crippen MR) is 95.3 cm³/mol. The van der Waals surface area contributed by atoms with Gasteiger partial charge in [0, 0.05) is 25.4 Å². The van der Waals surface area contributed by atoms with E-state index in [1.54, 1.807) is 36.0 Å². The van der Waals surface area contributed by atoms with Gasteiger partial charge in [0.2, 0.25) is 0 Å². The maximum absolute atomic E-state index is 12.2. The van der Waals surface area contributed by atoms with Gasteiger partial charge in [-0.15, -0.1) is 0 Å². The summed E-state index contributed by atoms with van der Waals surface area (Å²) in [5.41, 5.74) is 1.70. The largest absolute Gasteiger partial charge is 0.351 e. The number of aromatic nitrogens is 1. The third-order valence-corrected chi connectivity index (χ3v) is 3.60. The summed E-state index contributed by atoms with van der Waals surface area (Å²) in [4.78, 5) is 26.4. The van der Waals surface area contributed by atoms with E-state index >= 15 is 0 Å². The highest BCUT2D eigenvalue weighted by atomic mass is 16.2. The monoisotopic (exact) mass is 328 g/mol. The molecule has 0 fully saturated rings. The molecule has 1 aromatic carbocycles. The van der Waals surface area contributed by atoms with E-state index in [1.165, 1.54) is 0 Å². The van der Waals surface area contributed by atoms with Crippen molar-refractivity contribution in [2.24, 2.45) is 7.05 Å². The van der Waals surface area contributed by atoms with E-state index in [-0.39, 0.29) is 11.8 Å². The molecular weight excluding hydrogens is 304 g/mol. The maximum atomic E-state index is 12.2. The van der Waals surface area contributed by atoms with Gasteiger partial charge in [0.15, 0.2) is 0 Å². The van der Waals surface area contributed by atoms with Crippen LogP contribution in [0.1, 0.15) is 27.3 Å². The lowest BCUT2D eigenvalue weighted by atomic mass is 10.2. The molecule has 0 bridgehead atoms. The Labute approximate surface area is 142 Å². The molecule has 0 radical (unpaired) electrons. The summed E-state index contributed by atoms with van der Waals surface area (Å²) in [5, 5.41) is 5.70. The number of rotatable bonds is 7. The van der Waals surface area contributed by atoms with Crippen LogP contribution in [0, 0.1) is 0 Å². The van der Waals surface area contributed by atoms with Crippen molar-refractivity contribution in [3.05, 3.63) is 53.9 Å². The summed E-state index contributed by atoms with van der Waals surface area (Å²) in [7, 11) is 5.79. The van der Waals surface area contributed by atoms with Crippen LogP contribution in [0.3, 0.4) is 0 Å². The lowest BCUT2D eigenvalue weighted by molar-refractivity contribution is 0.0943. The van der Waals surface area contributed by atoms with Crippen LogP contribution >= 0.6 is 0 Å². The molecular formula is C18H24N4O2. The summed E-state index contributed by atoms with van der Waals surface area (Å²) in [5.74, 6) is -0.337. The van der Waals surface area contributed by atoms with E-state index in [9.17, 15) is 9.59 Å². The first kappa shape index (κ1) is 17.7. The predicted octanol–water partition coefficient (Wildman–Crippen LogP) is 1.96. The normalized spacial score (nSPS) is 10.7. The summed E-state index contributed by atoms with van der Waals surface area (Å²) in [6.45, 7) is 1.54. The first-order valence-corrected chi connectivity index (χ1v) is 7.93. The fourth-order valence-corrected chi connectivity index (χ4v) is 2.34. The smallest absolute Gasteiger partial charge is 0.267 e. The number of anilines is 1. The van der Waals surface area contributed by atoms with Crippen LogP contribution in [0.25, 0.3) is 0 Å². The van der Waals surface area contributed by atoms with Crippen LogP contribution in [0.15, 0.2) is 42.6 Å². The Morgan fingerprint density at radius 1 is 1.12 bits per heavy atom. The fraction of sp³-hybridized carbons (Fsp3) is 0.333. The molecule has 0 spiro atoms. The van der Waals surface area contributed by atoms with Gasteiger partial charge in [0.05, 0.1) is 5.69 Å². The standard InChI is InChI=1S/C18H24N4O2/c1-21(2)11-7-10-19-18(24)16-12-15(13-22(16)3)20-17(23)14-8-5-4-6-9-14/h4-6,8-9,12-13H,7,10-11H2,1-3H3,(H,19,24)(H,20,23). The first-order valence-electron chi connectivity index (χ1n) is 7.93. The van der Waals surface area contributed by atoms with E-state index in [0.29, 0.717) is 23.5 Å². The molecule has 1 aromatic heterocycles. The van der Waals surface area contributed by atoms with Crippen LogP contribution in [-0.4, -0.2) is 48.5 Å². The second kappa shape index (κ2) is 8.31. The Kier molecular flexibility index (Phi) is 6.14. The lowest BCUT2D eigenvalue weighted by Gasteiger charge is -2.10. The van der Waals surface area contributed by atoms with Crippen LogP contribution in [-0.2, 0) is 7.05 Å². The maximum Gasteiger partial charge on any atom is 0.267 e. The Morgan fingerprint density at radius 2 is 1.83 bits per heavy atom. The van der Waals surface area contributed by atoms with Crippen LogP contribution < -0.4 is 10.6 Å². The van der Waals surface area contributed by atoms with Gasteiger partial charge in [-0.3, -0.25) is 9.59 Å². The third kappa shape index (κ3) is 4.96. The molecule has 0 aliphatic rings. The molecule has 6 nitrogen and oxygen atoms in total. The molecule has 0 aliphatic heterocycles. The van der Waals surface area contributed by atoms with Gasteiger partial charge < -0.3 is 20.1 Å². The summed E-state index contributed by atoms with van der Waals surface area (Å²) < 4.78 is 1.71. The van der Waals surface area contributed by atoms with Crippen molar-refractivity contribution in [3.63, 3.8) is 0 Å². The molecule has 0 saturated carbocycles. The zero-order valence-corrected chi connectivity index (χ0v) is 14.4. The fourth-order valence-electron chi connectivity index (χ4n) is 2.34. The number of hydrogen-bond acceptors (Lipinski definition) is 3.